The van der Waals surface area contributed by atoms with E-state index in [4.69, 9.17) is 4.74 Å². The van der Waals surface area contributed by atoms with Crippen LogP contribution in [0.4, 0.5) is 5.69 Å². The minimum Gasteiger partial charge on any atom is -0.495 e. The van der Waals surface area contributed by atoms with E-state index in [-0.39, 0.29) is 0 Å². The summed E-state index contributed by atoms with van der Waals surface area (Å²) >= 11 is 1.41. The highest BCUT2D eigenvalue weighted by molar-refractivity contribution is 7.10. The molecule has 0 amide bonds. The van der Waals surface area contributed by atoms with E-state index in [2.05, 4.69) is 5.32 Å². The number of anilines is 1. The van der Waals surface area contributed by atoms with Gasteiger partial charge >= 0.3 is 5.97 Å². The smallest absolute Gasteiger partial charge is 0.331 e. The Morgan fingerprint density at radius 3 is 2.72 bits per heavy atom. The summed E-state index contributed by atoms with van der Waals surface area (Å²) in [6, 6.07) is 10.1. The molecule has 0 fully saturated rings. The van der Waals surface area contributed by atoms with Crippen LogP contribution in [0.1, 0.15) is 10.9 Å². The quantitative estimate of drug-likeness (QED) is 0.870. The van der Waals surface area contributed by atoms with Crippen LogP contribution in [0, 0.1) is 0 Å². The number of para-hydroxylation sites is 2. The molecular formula is C13H13NO3S. The number of carboxylic acid groups (broad SMARTS) is 1. The molecule has 4 nitrogen and oxygen atoms in total. The summed E-state index contributed by atoms with van der Waals surface area (Å²) in [5, 5.41) is 14.1. The van der Waals surface area contributed by atoms with Crippen LogP contribution in [0.5, 0.6) is 5.75 Å². The molecule has 1 atom stereocenters. The first-order chi connectivity index (χ1) is 8.72. The van der Waals surface area contributed by atoms with Crippen LogP contribution in [0.3, 0.4) is 0 Å². The van der Waals surface area contributed by atoms with Gasteiger partial charge in [0, 0.05) is 4.88 Å². The molecule has 0 spiro atoms. The normalized spacial score (nSPS) is 11.8. The Balaban J connectivity index is 2.27. The summed E-state index contributed by atoms with van der Waals surface area (Å²) in [5.74, 6) is -0.288. The number of ether oxygens (including phenoxy) is 1. The minimum absolute atomic E-state index is 0.625. The SMILES string of the molecule is COc1ccccc1NC(C(=O)O)c1cccs1. The lowest BCUT2D eigenvalue weighted by molar-refractivity contribution is -0.138. The van der Waals surface area contributed by atoms with Crippen molar-refractivity contribution < 1.29 is 14.6 Å². The predicted molar refractivity (Wildman–Crippen MR) is 71.3 cm³/mol. The molecule has 2 N–H and O–H groups in total. The second-order valence-corrected chi connectivity index (χ2v) is 4.61. The topological polar surface area (TPSA) is 58.6 Å². The molecule has 0 bridgehead atoms. The van der Waals surface area contributed by atoms with E-state index in [0.29, 0.717) is 11.4 Å². The van der Waals surface area contributed by atoms with Gasteiger partial charge in [0.05, 0.1) is 12.8 Å². The van der Waals surface area contributed by atoms with Crippen molar-refractivity contribution in [2.24, 2.45) is 0 Å². The molecule has 5 heteroatoms. The average Bonchev–Trinajstić information content (AvgIpc) is 2.89. The molecule has 0 aliphatic rings. The zero-order valence-electron chi connectivity index (χ0n) is 9.79. The summed E-state index contributed by atoms with van der Waals surface area (Å²) in [7, 11) is 1.56. The van der Waals surface area contributed by atoms with E-state index in [9.17, 15) is 9.90 Å². The van der Waals surface area contributed by atoms with Gasteiger partial charge in [-0.1, -0.05) is 18.2 Å². The number of aliphatic carboxylic acids is 1. The molecule has 0 aliphatic heterocycles. The first-order valence-corrected chi connectivity index (χ1v) is 6.26. The Kier molecular flexibility index (Phi) is 3.84. The van der Waals surface area contributed by atoms with Crippen LogP contribution in [0.2, 0.25) is 0 Å². The Morgan fingerprint density at radius 1 is 1.33 bits per heavy atom. The van der Waals surface area contributed by atoms with E-state index in [1.54, 1.807) is 25.3 Å². The molecule has 1 heterocycles. The largest absolute Gasteiger partial charge is 0.495 e. The Hall–Kier alpha value is -2.01. The van der Waals surface area contributed by atoms with Gasteiger partial charge in [0.1, 0.15) is 5.75 Å². The van der Waals surface area contributed by atoms with Crippen LogP contribution in [-0.2, 0) is 4.79 Å². The average molecular weight is 263 g/mol. The molecule has 1 aromatic heterocycles. The van der Waals surface area contributed by atoms with Crippen molar-refractivity contribution in [1.82, 2.24) is 0 Å². The van der Waals surface area contributed by atoms with Gasteiger partial charge in [0.15, 0.2) is 6.04 Å². The molecule has 0 saturated heterocycles. The number of hydrogen-bond acceptors (Lipinski definition) is 4. The van der Waals surface area contributed by atoms with Crippen molar-refractivity contribution in [1.29, 1.82) is 0 Å². The zero-order chi connectivity index (χ0) is 13.0. The summed E-state index contributed by atoms with van der Waals surface area (Å²) in [6.07, 6.45) is 0. The van der Waals surface area contributed by atoms with Crippen LogP contribution >= 0.6 is 11.3 Å². The summed E-state index contributed by atoms with van der Waals surface area (Å²) < 4.78 is 5.19. The highest BCUT2D eigenvalue weighted by Crippen LogP contribution is 2.29. The maximum atomic E-state index is 11.3. The Morgan fingerprint density at radius 2 is 2.11 bits per heavy atom. The first kappa shape index (κ1) is 12.4. The van der Waals surface area contributed by atoms with Gasteiger partial charge in [-0.15, -0.1) is 11.3 Å². The van der Waals surface area contributed by atoms with Crippen molar-refractivity contribution in [3.63, 3.8) is 0 Å². The fourth-order valence-electron chi connectivity index (χ4n) is 1.63. The summed E-state index contributed by atoms with van der Waals surface area (Å²) in [6.45, 7) is 0. The molecular weight excluding hydrogens is 250 g/mol. The molecule has 1 aromatic carbocycles. The number of nitrogens with one attached hydrogen (secondary N) is 1. The maximum Gasteiger partial charge on any atom is 0.331 e. The third-order valence-corrected chi connectivity index (χ3v) is 3.42. The van der Waals surface area contributed by atoms with Gasteiger partial charge in [-0.25, -0.2) is 4.79 Å². The van der Waals surface area contributed by atoms with Crippen LogP contribution in [0.25, 0.3) is 0 Å². The number of thiophene rings is 1. The zero-order valence-corrected chi connectivity index (χ0v) is 10.6. The van der Waals surface area contributed by atoms with Crippen molar-refractivity contribution in [3.05, 3.63) is 46.7 Å². The van der Waals surface area contributed by atoms with E-state index in [1.807, 2.05) is 23.6 Å². The Labute approximate surface area is 109 Å². The number of rotatable bonds is 5. The molecule has 18 heavy (non-hydrogen) atoms. The van der Waals surface area contributed by atoms with E-state index in [0.717, 1.165) is 4.88 Å². The van der Waals surface area contributed by atoms with Crippen molar-refractivity contribution in [2.75, 3.05) is 12.4 Å². The van der Waals surface area contributed by atoms with Gasteiger partial charge in [0.25, 0.3) is 0 Å². The van der Waals surface area contributed by atoms with Crippen LogP contribution < -0.4 is 10.1 Å². The van der Waals surface area contributed by atoms with E-state index >= 15 is 0 Å². The standard InChI is InChI=1S/C13H13NO3S/c1-17-10-6-3-2-5-9(10)14-12(13(15)16)11-7-4-8-18-11/h2-8,12,14H,1H3,(H,15,16). The lowest BCUT2D eigenvalue weighted by Crippen LogP contribution is -2.19. The minimum atomic E-state index is -0.914. The molecule has 1 unspecified atom stereocenters. The maximum absolute atomic E-state index is 11.3. The van der Waals surface area contributed by atoms with Gasteiger partial charge in [0.2, 0.25) is 0 Å². The number of benzene rings is 1. The summed E-state index contributed by atoms with van der Waals surface area (Å²) in [5.41, 5.74) is 0.667. The second-order valence-electron chi connectivity index (χ2n) is 3.63. The lowest BCUT2D eigenvalue weighted by Gasteiger charge is -2.16. The van der Waals surface area contributed by atoms with Gasteiger partial charge in [-0.2, -0.15) is 0 Å². The number of methoxy groups -OCH3 is 1. The number of carboxylic acids is 1. The molecule has 0 saturated carbocycles. The lowest BCUT2D eigenvalue weighted by atomic mass is 10.2. The monoisotopic (exact) mass is 263 g/mol. The molecule has 2 aromatic rings. The van der Waals surface area contributed by atoms with Crippen molar-refractivity contribution >= 4 is 23.0 Å². The van der Waals surface area contributed by atoms with Crippen LogP contribution in [-0.4, -0.2) is 18.2 Å². The van der Waals surface area contributed by atoms with Gasteiger partial charge in [-0.3, -0.25) is 0 Å². The van der Waals surface area contributed by atoms with E-state index in [1.165, 1.54) is 11.3 Å². The third-order valence-electron chi connectivity index (χ3n) is 2.48. The molecule has 0 radical (unpaired) electrons. The first-order valence-electron chi connectivity index (χ1n) is 5.38. The molecule has 94 valence electrons. The van der Waals surface area contributed by atoms with Crippen molar-refractivity contribution in [3.8, 4) is 5.75 Å². The number of hydrogen-bond donors (Lipinski definition) is 2. The molecule has 0 aliphatic carbocycles. The third kappa shape index (κ3) is 2.62. The molecule has 2 rings (SSSR count). The predicted octanol–water partition coefficient (Wildman–Crippen LogP) is 2.99. The summed E-state index contributed by atoms with van der Waals surface area (Å²) in [4.78, 5) is 12.1. The number of carbonyl (C=O) groups is 1. The van der Waals surface area contributed by atoms with E-state index < -0.39 is 12.0 Å². The van der Waals surface area contributed by atoms with Crippen LogP contribution in [0.15, 0.2) is 41.8 Å². The van der Waals surface area contributed by atoms with Gasteiger partial charge in [-0.05, 0) is 23.6 Å². The fraction of sp³-hybridized carbons (Fsp3) is 0.154. The Bertz CT molecular complexity index is 525. The van der Waals surface area contributed by atoms with Crippen molar-refractivity contribution in [2.45, 2.75) is 6.04 Å². The highest BCUT2D eigenvalue weighted by atomic mass is 32.1. The highest BCUT2D eigenvalue weighted by Gasteiger charge is 2.21. The second kappa shape index (κ2) is 5.55. The van der Waals surface area contributed by atoms with Gasteiger partial charge < -0.3 is 15.2 Å². The fourth-order valence-corrected chi connectivity index (χ4v) is 2.40.